The number of rotatable bonds is 1. The highest BCUT2D eigenvalue weighted by molar-refractivity contribution is 6.66. The maximum atomic E-state index is 12.5. The second kappa shape index (κ2) is 7.63. The number of ether oxygens (including phenoxy) is 6. The van der Waals surface area contributed by atoms with E-state index in [4.69, 9.17) is 63.2 Å². The molecule has 3 heterocycles. The summed E-state index contributed by atoms with van der Waals surface area (Å²) in [6.07, 6.45) is -1.23. The predicted octanol–water partition coefficient (Wildman–Crippen LogP) is 4.82. The van der Waals surface area contributed by atoms with Crippen LogP contribution in [0, 0.1) is 0 Å². The molecule has 174 valence electrons. The van der Waals surface area contributed by atoms with Crippen LogP contribution in [0.25, 0.3) is 0 Å². The van der Waals surface area contributed by atoms with Gasteiger partial charge >= 0.3 is 10.1 Å². The van der Waals surface area contributed by atoms with Gasteiger partial charge in [0.05, 0.1) is 0 Å². The quantitative estimate of drug-likeness (QED) is 0.396. The normalized spacial score (nSPS) is 24.5. The maximum absolute atomic E-state index is 12.5. The Morgan fingerprint density at radius 2 is 1.76 bits per heavy atom. The molecule has 11 heteroatoms. The summed E-state index contributed by atoms with van der Waals surface area (Å²) in [5.41, 5.74) is 4.09. The average Bonchev–Trinajstić information content (AvgIpc) is 3.39. The molecular weight excluding hydrogens is 497 g/mol. The Hall–Kier alpha value is -2.26. The third-order valence-electron chi connectivity index (χ3n) is 6.48. The van der Waals surface area contributed by atoms with E-state index in [0.717, 1.165) is 28.0 Å². The van der Waals surface area contributed by atoms with Gasteiger partial charge < -0.3 is 28.4 Å². The summed E-state index contributed by atoms with van der Waals surface area (Å²) in [5.74, 6) is 2.55. The lowest BCUT2D eigenvalue weighted by molar-refractivity contribution is -0.00984. The Balaban J connectivity index is 1.46. The molecule has 0 saturated carbocycles. The van der Waals surface area contributed by atoms with Crippen molar-refractivity contribution in [1.82, 2.24) is 4.90 Å². The van der Waals surface area contributed by atoms with Gasteiger partial charge in [-0.3, -0.25) is 4.90 Å². The molecule has 0 N–H and O–H groups in total. The number of nitrogens with zero attached hydrogens (tertiary/aromatic N) is 1. The Kier molecular flexibility index (Phi) is 4.92. The Morgan fingerprint density at radius 3 is 2.55 bits per heavy atom. The van der Waals surface area contributed by atoms with E-state index in [1.807, 2.05) is 31.3 Å². The zero-order valence-electron chi connectivity index (χ0n) is 17.3. The van der Waals surface area contributed by atoms with Crippen molar-refractivity contribution in [3.8, 4) is 23.0 Å². The zero-order valence-corrected chi connectivity index (χ0v) is 19.6. The molecule has 0 saturated heterocycles. The summed E-state index contributed by atoms with van der Waals surface area (Å²) in [5, 5.41) is 0. The minimum absolute atomic E-state index is 0.110. The van der Waals surface area contributed by atoms with E-state index in [-0.39, 0.29) is 25.5 Å². The number of alkyl halides is 3. The number of fused-ring (bicyclic) bond motifs is 8. The molecular formula is C22H18Cl3NO7. The lowest BCUT2D eigenvalue weighted by atomic mass is 9.70. The van der Waals surface area contributed by atoms with E-state index in [1.165, 1.54) is 0 Å². The topological polar surface area (TPSA) is 75.7 Å². The SMILES string of the molecule is CN1Cc2c(ccc3c2OCO3)C2C(OC(=O)OC(Cl)(Cl)Cl)Cc3cc4c(cc3C21)OCO4. The molecule has 8 nitrogen and oxygen atoms in total. The summed E-state index contributed by atoms with van der Waals surface area (Å²) >= 11 is 16.9. The van der Waals surface area contributed by atoms with Gasteiger partial charge in [0.25, 0.3) is 0 Å². The van der Waals surface area contributed by atoms with Crippen LogP contribution in [0.15, 0.2) is 24.3 Å². The lowest BCUT2D eigenvalue weighted by Crippen LogP contribution is -2.45. The molecule has 2 aromatic rings. The van der Waals surface area contributed by atoms with Crippen LogP contribution in [0.3, 0.4) is 0 Å². The van der Waals surface area contributed by atoms with Crippen LogP contribution in [-0.4, -0.2) is 41.8 Å². The fourth-order valence-electron chi connectivity index (χ4n) is 5.30. The van der Waals surface area contributed by atoms with Crippen LogP contribution in [0.2, 0.25) is 0 Å². The number of hydrogen-bond donors (Lipinski definition) is 0. The molecule has 0 bridgehead atoms. The Bertz CT molecular complexity index is 1150. The van der Waals surface area contributed by atoms with Crippen LogP contribution < -0.4 is 18.9 Å². The van der Waals surface area contributed by atoms with Gasteiger partial charge in [-0.1, -0.05) is 6.07 Å². The Labute approximate surface area is 204 Å². The highest BCUT2D eigenvalue weighted by atomic mass is 35.6. The minimum Gasteiger partial charge on any atom is -0.454 e. The van der Waals surface area contributed by atoms with Crippen LogP contribution in [0.4, 0.5) is 4.79 Å². The number of halogens is 3. The van der Waals surface area contributed by atoms with E-state index in [9.17, 15) is 4.79 Å². The standard InChI is InChI=1S/C22H18Cl3NO7/c1-26-7-13-11(2-3-14-20(13)31-9-28-14)18-17(32-21(27)33-22(23,24)25)5-10-4-15-16(30-8-29-15)6-12(10)19(18)26/h2-4,6,17-19H,5,7-9H2,1H3. The highest BCUT2D eigenvalue weighted by Crippen LogP contribution is 2.54. The first-order chi connectivity index (χ1) is 15.8. The van der Waals surface area contributed by atoms with Crippen molar-refractivity contribution in [3.63, 3.8) is 0 Å². The molecule has 0 aromatic heterocycles. The van der Waals surface area contributed by atoms with Crippen molar-refractivity contribution in [2.24, 2.45) is 0 Å². The van der Waals surface area contributed by atoms with Gasteiger partial charge in [0, 0.05) is 30.5 Å². The Morgan fingerprint density at radius 1 is 1.03 bits per heavy atom. The van der Waals surface area contributed by atoms with Gasteiger partial charge in [-0.25, -0.2) is 4.79 Å². The first-order valence-corrected chi connectivity index (χ1v) is 11.4. The summed E-state index contributed by atoms with van der Waals surface area (Å²) in [4.78, 5) is 14.7. The van der Waals surface area contributed by atoms with Gasteiger partial charge in [-0.2, -0.15) is 0 Å². The van der Waals surface area contributed by atoms with Crippen molar-refractivity contribution in [3.05, 3.63) is 46.5 Å². The van der Waals surface area contributed by atoms with Crippen molar-refractivity contribution < 1.29 is 33.2 Å². The summed E-state index contributed by atoms with van der Waals surface area (Å²) in [7, 11) is 2.02. The van der Waals surface area contributed by atoms with E-state index < -0.39 is 16.2 Å². The molecule has 1 aliphatic carbocycles. The summed E-state index contributed by atoms with van der Waals surface area (Å²) < 4.78 is 30.9. The van der Waals surface area contributed by atoms with Crippen molar-refractivity contribution in [2.75, 3.05) is 20.6 Å². The first kappa shape index (κ1) is 21.3. The fraction of sp³-hybridized carbons (Fsp3) is 0.409. The smallest absolute Gasteiger partial charge is 0.454 e. The zero-order chi connectivity index (χ0) is 22.9. The molecule has 33 heavy (non-hydrogen) atoms. The van der Waals surface area contributed by atoms with Crippen molar-refractivity contribution in [1.29, 1.82) is 0 Å². The second-order valence-electron chi connectivity index (χ2n) is 8.32. The van der Waals surface area contributed by atoms with Gasteiger partial charge in [-0.05, 0) is 76.7 Å². The number of carbonyl (C=O) groups excluding carboxylic acids is 1. The van der Waals surface area contributed by atoms with Crippen molar-refractivity contribution >= 4 is 41.0 Å². The van der Waals surface area contributed by atoms with E-state index >= 15 is 0 Å². The maximum Gasteiger partial charge on any atom is 0.512 e. The number of likely N-dealkylation sites (N-methyl/N-ethyl adjacent to an activating group) is 1. The third kappa shape index (κ3) is 3.60. The molecule has 6 rings (SSSR count). The molecule has 0 fully saturated rings. The highest BCUT2D eigenvalue weighted by Gasteiger charge is 2.48. The van der Waals surface area contributed by atoms with E-state index in [1.54, 1.807) is 0 Å². The third-order valence-corrected chi connectivity index (χ3v) is 6.71. The average molecular weight is 515 g/mol. The van der Waals surface area contributed by atoms with E-state index in [2.05, 4.69) is 4.90 Å². The molecule has 3 atom stereocenters. The van der Waals surface area contributed by atoms with Crippen LogP contribution in [0.5, 0.6) is 23.0 Å². The van der Waals surface area contributed by atoms with Gasteiger partial charge in [0.2, 0.25) is 13.6 Å². The van der Waals surface area contributed by atoms with E-state index in [0.29, 0.717) is 30.2 Å². The van der Waals surface area contributed by atoms with Crippen LogP contribution >= 0.6 is 34.8 Å². The van der Waals surface area contributed by atoms with Gasteiger partial charge in [0.1, 0.15) is 6.10 Å². The van der Waals surface area contributed by atoms with Crippen molar-refractivity contribution in [2.45, 2.75) is 35.0 Å². The molecule has 0 radical (unpaired) electrons. The lowest BCUT2D eigenvalue weighted by Gasteiger charge is -2.47. The largest absolute Gasteiger partial charge is 0.512 e. The van der Waals surface area contributed by atoms with Crippen LogP contribution in [0.1, 0.15) is 34.2 Å². The molecule has 2 aromatic carbocycles. The number of carbonyl (C=O) groups is 1. The van der Waals surface area contributed by atoms with Gasteiger partial charge in [0.15, 0.2) is 23.0 Å². The number of hydrogen-bond acceptors (Lipinski definition) is 8. The number of benzene rings is 2. The molecule has 0 amide bonds. The monoisotopic (exact) mass is 513 g/mol. The van der Waals surface area contributed by atoms with Crippen LogP contribution in [-0.2, 0) is 22.4 Å². The first-order valence-electron chi connectivity index (χ1n) is 10.3. The summed E-state index contributed by atoms with van der Waals surface area (Å²) in [6.45, 7) is 0.970. The predicted molar refractivity (Wildman–Crippen MR) is 117 cm³/mol. The second-order valence-corrected chi connectivity index (χ2v) is 10.5. The fourth-order valence-corrected chi connectivity index (χ4v) is 5.49. The summed E-state index contributed by atoms with van der Waals surface area (Å²) in [6, 6.07) is 7.73. The van der Waals surface area contributed by atoms with Gasteiger partial charge in [-0.15, -0.1) is 0 Å². The molecule has 3 unspecified atom stereocenters. The molecule has 0 spiro atoms. The minimum atomic E-state index is -2.22. The molecule has 3 aliphatic heterocycles. The molecule has 4 aliphatic rings.